The summed E-state index contributed by atoms with van der Waals surface area (Å²) in [6, 6.07) is 10.2. The lowest BCUT2D eigenvalue weighted by Gasteiger charge is -2.27. The molecule has 0 saturated carbocycles. The lowest BCUT2D eigenvalue weighted by molar-refractivity contribution is -0.0168. The molecular weight excluding hydrogens is 324 g/mol. The van der Waals surface area contributed by atoms with Crippen LogP contribution in [0.4, 0.5) is 0 Å². The van der Waals surface area contributed by atoms with Crippen LogP contribution in [0.5, 0.6) is 5.75 Å². The molecule has 1 atom stereocenters. The molecule has 4 heteroatoms. The van der Waals surface area contributed by atoms with Crippen molar-refractivity contribution in [2.75, 3.05) is 19.7 Å². The second-order valence-corrected chi connectivity index (χ2v) is 7.66. The maximum absolute atomic E-state index is 11.0. The summed E-state index contributed by atoms with van der Waals surface area (Å²) >= 11 is 0. The Morgan fingerprint density at radius 3 is 2.69 bits per heavy atom. The number of hydrogen-bond acceptors (Lipinski definition) is 4. The van der Waals surface area contributed by atoms with Crippen LogP contribution in [0.15, 0.2) is 36.5 Å². The summed E-state index contributed by atoms with van der Waals surface area (Å²) in [5, 5.41) is 11.0. The number of benzene rings is 1. The maximum Gasteiger partial charge on any atom is 0.119 e. The van der Waals surface area contributed by atoms with Crippen LogP contribution >= 0.6 is 0 Å². The lowest BCUT2D eigenvalue weighted by Crippen LogP contribution is -2.37. The van der Waals surface area contributed by atoms with Crippen molar-refractivity contribution in [1.29, 1.82) is 0 Å². The Morgan fingerprint density at radius 2 is 1.92 bits per heavy atom. The van der Waals surface area contributed by atoms with E-state index in [1.165, 1.54) is 16.7 Å². The number of ether oxygens (including phenoxy) is 1. The molecule has 1 aromatic heterocycles. The summed E-state index contributed by atoms with van der Waals surface area (Å²) < 4.78 is 5.93. The van der Waals surface area contributed by atoms with Gasteiger partial charge in [0.2, 0.25) is 0 Å². The highest BCUT2D eigenvalue weighted by Gasteiger charge is 2.31. The van der Waals surface area contributed by atoms with E-state index >= 15 is 0 Å². The second kappa shape index (κ2) is 8.19. The van der Waals surface area contributed by atoms with Crippen LogP contribution < -0.4 is 4.74 Å². The first-order valence-corrected chi connectivity index (χ1v) is 9.50. The van der Waals surface area contributed by atoms with E-state index in [-0.39, 0.29) is 0 Å². The Kier molecular flexibility index (Phi) is 5.94. The van der Waals surface area contributed by atoms with Gasteiger partial charge in [-0.05, 0) is 81.5 Å². The average Bonchev–Trinajstić information content (AvgIpc) is 2.80. The number of likely N-dealkylation sites (tertiary alicyclic amines) is 1. The van der Waals surface area contributed by atoms with Gasteiger partial charge in [0.15, 0.2) is 0 Å². The van der Waals surface area contributed by atoms with Crippen LogP contribution in [0, 0.1) is 20.8 Å². The number of nitrogens with zero attached hydrogens (tertiary/aromatic N) is 2. The number of hydrogen-bond donors (Lipinski definition) is 1. The normalized spacial score (nSPS) is 21.4. The third-order valence-corrected chi connectivity index (χ3v) is 5.49. The Labute approximate surface area is 156 Å². The van der Waals surface area contributed by atoms with Crippen LogP contribution in [0.3, 0.4) is 0 Å². The average molecular weight is 354 g/mol. The summed E-state index contributed by atoms with van der Waals surface area (Å²) in [6.07, 6.45) is 4.33. The molecule has 0 radical (unpaired) electrons. The molecule has 0 bridgehead atoms. The van der Waals surface area contributed by atoms with E-state index in [0.29, 0.717) is 6.61 Å². The minimum absolute atomic E-state index is 0.353. The third kappa shape index (κ3) is 4.83. The molecule has 1 unspecified atom stereocenters. The van der Waals surface area contributed by atoms with Crippen LogP contribution in [0.1, 0.15) is 41.6 Å². The molecule has 1 fully saturated rings. The minimum Gasteiger partial charge on any atom is -0.491 e. The van der Waals surface area contributed by atoms with E-state index < -0.39 is 5.60 Å². The molecule has 26 heavy (non-hydrogen) atoms. The van der Waals surface area contributed by atoms with Crippen molar-refractivity contribution in [3.63, 3.8) is 0 Å². The number of aromatic nitrogens is 1. The van der Waals surface area contributed by atoms with E-state index in [9.17, 15) is 5.11 Å². The fraction of sp³-hybridized carbons (Fsp3) is 0.500. The molecule has 1 N–H and O–H groups in total. The molecule has 1 aromatic carbocycles. The SMILES string of the molecule is Cc1ccc(OCC2(O)CCCN(Cc3ncccc3C)CC2)cc1C. The van der Waals surface area contributed by atoms with Gasteiger partial charge in [-0.2, -0.15) is 0 Å². The molecular formula is C22H30N2O2. The van der Waals surface area contributed by atoms with Crippen molar-refractivity contribution < 1.29 is 9.84 Å². The van der Waals surface area contributed by atoms with Gasteiger partial charge < -0.3 is 9.84 Å². The number of pyridine rings is 1. The van der Waals surface area contributed by atoms with Gasteiger partial charge >= 0.3 is 0 Å². The van der Waals surface area contributed by atoms with Gasteiger partial charge in [0, 0.05) is 19.3 Å². The van der Waals surface area contributed by atoms with Gasteiger partial charge in [-0.1, -0.05) is 12.1 Å². The molecule has 2 aromatic rings. The standard InChI is InChI=1S/C22H30N2O2/c1-17-7-8-20(14-19(17)3)26-16-22(25)9-5-12-24(13-10-22)15-21-18(2)6-4-11-23-21/h4,6-8,11,14,25H,5,9-10,12-13,15-16H2,1-3H3. The zero-order chi connectivity index (χ0) is 18.6. The molecule has 1 saturated heterocycles. The molecule has 0 amide bonds. The van der Waals surface area contributed by atoms with E-state index in [0.717, 1.165) is 50.3 Å². The first kappa shape index (κ1) is 18.9. The Bertz CT molecular complexity index is 747. The van der Waals surface area contributed by atoms with Crippen molar-refractivity contribution in [2.45, 2.75) is 52.2 Å². The maximum atomic E-state index is 11.0. The number of rotatable bonds is 5. The lowest BCUT2D eigenvalue weighted by atomic mass is 9.96. The van der Waals surface area contributed by atoms with E-state index in [1.54, 1.807) is 0 Å². The van der Waals surface area contributed by atoms with Crippen LogP contribution in [-0.2, 0) is 6.54 Å². The fourth-order valence-electron chi connectivity index (χ4n) is 3.45. The van der Waals surface area contributed by atoms with Crippen molar-refractivity contribution in [3.05, 3.63) is 58.9 Å². The van der Waals surface area contributed by atoms with Crippen molar-refractivity contribution >= 4 is 0 Å². The molecule has 3 rings (SSSR count). The minimum atomic E-state index is -0.757. The van der Waals surface area contributed by atoms with Crippen molar-refractivity contribution in [2.24, 2.45) is 0 Å². The largest absolute Gasteiger partial charge is 0.491 e. The van der Waals surface area contributed by atoms with Gasteiger partial charge in [-0.3, -0.25) is 9.88 Å². The topological polar surface area (TPSA) is 45.6 Å². The van der Waals surface area contributed by atoms with Crippen LogP contribution in [0.25, 0.3) is 0 Å². The first-order chi connectivity index (χ1) is 12.5. The van der Waals surface area contributed by atoms with Gasteiger partial charge in [-0.15, -0.1) is 0 Å². The summed E-state index contributed by atoms with van der Waals surface area (Å²) in [6.45, 7) is 9.33. The van der Waals surface area contributed by atoms with E-state index in [2.05, 4.69) is 42.8 Å². The molecule has 140 valence electrons. The molecule has 1 aliphatic rings. The van der Waals surface area contributed by atoms with Crippen LogP contribution in [0.2, 0.25) is 0 Å². The molecule has 2 heterocycles. The predicted molar refractivity (Wildman–Crippen MR) is 104 cm³/mol. The summed E-state index contributed by atoms with van der Waals surface area (Å²) in [5.74, 6) is 0.840. The Balaban J connectivity index is 1.56. The van der Waals surface area contributed by atoms with E-state index in [4.69, 9.17) is 4.74 Å². The molecule has 0 aliphatic carbocycles. The molecule has 4 nitrogen and oxygen atoms in total. The quantitative estimate of drug-likeness (QED) is 0.887. The smallest absolute Gasteiger partial charge is 0.119 e. The third-order valence-electron chi connectivity index (χ3n) is 5.49. The summed E-state index contributed by atoms with van der Waals surface area (Å²) in [5.41, 5.74) is 4.07. The van der Waals surface area contributed by atoms with Crippen LogP contribution in [-0.4, -0.2) is 40.3 Å². The van der Waals surface area contributed by atoms with Gasteiger partial charge in [0.25, 0.3) is 0 Å². The Hall–Kier alpha value is -1.91. The zero-order valence-corrected chi connectivity index (χ0v) is 16.2. The van der Waals surface area contributed by atoms with E-state index in [1.807, 2.05) is 24.4 Å². The van der Waals surface area contributed by atoms with Crippen molar-refractivity contribution in [1.82, 2.24) is 9.88 Å². The van der Waals surface area contributed by atoms with Gasteiger partial charge in [0.05, 0.1) is 11.3 Å². The highest BCUT2D eigenvalue weighted by atomic mass is 16.5. The van der Waals surface area contributed by atoms with Gasteiger partial charge in [-0.25, -0.2) is 0 Å². The summed E-state index contributed by atoms with van der Waals surface area (Å²) in [7, 11) is 0. The van der Waals surface area contributed by atoms with Crippen molar-refractivity contribution in [3.8, 4) is 5.75 Å². The number of aryl methyl sites for hydroxylation is 3. The highest BCUT2D eigenvalue weighted by molar-refractivity contribution is 5.33. The fourth-order valence-corrected chi connectivity index (χ4v) is 3.45. The highest BCUT2D eigenvalue weighted by Crippen LogP contribution is 2.25. The van der Waals surface area contributed by atoms with Gasteiger partial charge in [0.1, 0.15) is 12.4 Å². The predicted octanol–water partition coefficient (Wildman–Crippen LogP) is 3.80. The monoisotopic (exact) mass is 354 g/mol. The summed E-state index contributed by atoms with van der Waals surface area (Å²) in [4.78, 5) is 6.89. The number of aliphatic hydroxyl groups is 1. The Morgan fingerprint density at radius 1 is 1.08 bits per heavy atom. The second-order valence-electron chi connectivity index (χ2n) is 7.66. The molecule has 0 spiro atoms. The zero-order valence-electron chi connectivity index (χ0n) is 16.2. The molecule has 1 aliphatic heterocycles. The first-order valence-electron chi connectivity index (χ1n) is 9.50.